The molecule has 1 aromatic rings. The van der Waals surface area contributed by atoms with Gasteiger partial charge in [0, 0.05) is 6.04 Å². The summed E-state index contributed by atoms with van der Waals surface area (Å²) in [6, 6.07) is 3.12. The number of aromatic nitrogens is 1. The Morgan fingerprint density at radius 1 is 1.53 bits per heavy atom. The molecule has 2 N–H and O–H groups in total. The van der Waals surface area contributed by atoms with Crippen molar-refractivity contribution in [2.24, 2.45) is 5.92 Å². The van der Waals surface area contributed by atoms with Gasteiger partial charge in [-0.3, -0.25) is 0 Å². The average molecular weight is 257 g/mol. The molecule has 4 nitrogen and oxygen atoms in total. The smallest absolute Gasteiger partial charge is 0.339 e. The predicted octanol–water partition coefficient (Wildman–Crippen LogP) is 3.28. The molecule has 0 aromatic carbocycles. The van der Waals surface area contributed by atoms with Gasteiger partial charge in [0.2, 0.25) is 0 Å². The fourth-order valence-corrected chi connectivity index (χ4v) is 1.78. The number of hydrogen-bond donors (Lipinski definition) is 2. The number of carboxylic acid groups (broad SMARTS) is 1. The van der Waals surface area contributed by atoms with Crippen molar-refractivity contribution in [3.8, 4) is 0 Å². The molecule has 0 saturated heterocycles. The van der Waals surface area contributed by atoms with E-state index < -0.39 is 5.97 Å². The largest absolute Gasteiger partial charge is 0.478 e. The van der Waals surface area contributed by atoms with Gasteiger partial charge in [-0.15, -0.1) is 0 Å². The lowest BCUT2D eigenvalue weighted by molar-refractivity contribution is 0.0697. The summed E-state index contributed by atoms with van der Waals surface area (Å²) < 4.78 is 0. The third kappa shape index (κ3) is 3.60. The molecule has 0 bridgehead atoms. The Balaban J connectivity index is 3.03. The Morgan fingerprint density at radius 2 is 2.18 bits per heavy atom. The lowest BCUT2D eigenvalue weighted by atomic mass is 10.0. The van der Waals surface area contributed by atoms with Gasteiger partial charge in [0.05, 0.1) is 0 Å². The van der Waals surface area contributed by atoms with Crippen molar-refractivity contribution in [1.29, 1.82) is 0 Å². The molecule has 0 aliphatic rings. The number of nitrogens with one attached hydrogen (secondary N) is 1. The van der Waals surface area contributed by atoms with Crippen molar-refractivity contribution in [2.75, 3.05) is 5.32 Å². The molecule has 1 unspecified atom stereocenters. The molecule has 1 heterocycles. The van der Waals surface area contributed by atoms with Gasteiger partial charge in [0.25, 0.3) is 0 Å². The number of carbonyl (C=O) groups is 1. The lowest BCUT2D eigenvalue weighted by Crippen LogP contribution is -2.26. The molecular weight excluding hydrogens is 240 g/mol. The maximum absolute atomic E-state index is 11.0. The summed E-state index contributed by atoms with van der Waals surface area (Å²) in [6.45, 7) is 6.20. The van der Waals surface area contributed by atoms with Gasteiger partial charge in [0.1, 0.15) is 16.5 Å². The van der Waals surface area contributed by atoms with Gasteiger partial charge < -0.3 is 10.4 Å². The topological polar surface area (TPSA) is 62.2 Å². The lowest BCUT2D eigenvalue weighted by Gasteiger charge is -2.22. The molecule has 0 amide bonds. The van der Waals surface area contributed by atoms with Crippen LogP contribution in [0.4, 0.5) is 5.82 Å². The second-order valence-electron chi connectivity index (χ2n) is 4.24. The highest BCUT2D eigenvalue weighted by Gasteiger charge is 2.17. The van der Waals surface area contributed by atoms with E-state index in [0.29, 0.717) is 11.7 Å². The molecular formula is C12H17ClN2O2. The summed E-state index contributed by atoms with van der Waals surface area (Å²) in [5.74, 6) is -0.275. The summed E-state index contributed by atoms with van der Waals surface area (Å²) in [5.41, 5.74) is 0.147. The Labute approximate surface area is 106 Å². The number of hydrogen-bond acceptors (Lipinski definition) is 3. The van der Waals surface area contributed by atoms with E-state index in [2.05, 4.69) is 24.1 Å². The molecule has 0 fully saturated rings. The molecule has 94 valence electrons. The molecule has 1 atom stereocenters. The molecule has 17 heavy (non-hydrogen) atoms. The Morgan fingerprint density at radius 3 is 2.65 bits per heavy atom. The standard InChI is InChI=1S/C12H17ClN2O2/c1-4-9(7(2)3)14-11-8(12(16)17)5-6-10(13)15-11/h5-7,9H,4H2,1-3H3,(H,14,15)(H,16,17). The summed E-state index contributed by atoms with van der Waals surface area (Å²) in [4.78, 5) is 15.1. The number of nitrogens with zero attached hydrogens (tertiary/aromatic N) is 1. The first-order valence-electron chi connectivity index (χ1n) is 5.62. The molecule has 0 saturated carbocycles. The maximum atomic E-state index is 11.0. The summed E-state index contributed by atoms with van der Waals surface area (Å²) in [5, 5.41) is 12.5. The van der Waals surface area contributed by atoms with Gasteiger partial charge in [-0.1, -0.05) is 32.4 Å². The van der Waals surface area contributed by atoms with Crippen LogP contribution >= 0.6 is 11.6 Å². The van der Waals surface area contributed by atoms with E-state index >= 15 is 0 Å². The molecule has 0 spiro atoms. The number of pyridine rings is 1. The normalized spacial score (nSPS) is 12.5. The number of aromatic carboxylic acids is 1. The predicted molar refractivity (Wildman–Crippen MR) is 68.7 cm³/mol. The summed E-state index contributed by atoms with van der Waals surface area (Å²) in [6.07, 6.45) is 0.894. The van der Waals surface area contributed by atoms with Gasteiger partial charge in [0.15, 0.2) is 0 Å². The second-order valence-corrected chi connectivity index (χ2v) is 4.63. The maximum Gasteiger partial charge on any atom is 0.339 e. The van der Waals surface area contributed by atoms with Crippen molar-refractivity contribution in [2.45, 2.75) is 33.2 Å². The molecule has 0 radical (unpaired) electrons. The van der Waals surface area contributed by atoms with E-state index in [1.165, 1.54) is 12.1 Å². The van der Waals surface area contributed by atoms with Gasteiger partial charge in [-0.05, 0) is 24.5 Å². The van der Waals surface area contributed by atoms with Crippen molar-refractivity contribution >= 4 is 23.4 Å². The zero-order valence-corrected chi connectivity index (χ0v) is 11.0. The Hall–Kier alpha value is -1.29. The van der Waals surface area contributed by atoms with Crippen LogP contribution in [-0.4, -0.2) is 22.1 Å². The Bertz CT molecular complexity index is 407. The highest BCUT2D eigenvalue weighted by Crippen LogP contribution is 2.20. The summed E-state index contributed by atoms with van der Waals surface area (Å²) >= 11 is 5.78. The third-order valence-electron chi connectivity index (χ3n) is 2.66. The minimum absolute atomic E-state index is 0.147. The van der Waals surface area contributed by atoms with Crippen LogP contribution in [0.2, 0.25) is 5.15 Å². The zero-order chi connectivity index (χ0) is 13.0. The van der Waals surface area contributed by atoms with E-state index in [1.807, 2.05) is 6.92 Å². The zero-order valence-electron chi connectivity index (χ0n) is 10.2. The van der Waals surface area contributed by atoms with Gasteiger partial charge in [-0.2, -0.15) is 0 Å². The first kappa shape index (κ1) is 13.8. The van der Waals surface area contributed by atoms with Crippen LogP contribution in [0, 0.1) is 5.92 Å². The molecule has 0 aliphatic carbocycles. The number of halogens is 1. The molecule has 1 aromatic heterocycles. The fourth-order valence-electron chi connectivity index (χ4n) is 1.63. The molecule has 5 heteroatoms. The van der Waals surface area contributed by atoms with Crippen LogP contribution in [0.5, 0.6) is 0 Å². The average Bonchev–Trinajstić information content (AvgIpc) is 2.25. The number of carboxylic acids is 1. The molecule has 1 rings (SSSR count). The van der Waals surface area contributed by atoms with Crippen molar-refractivity contribution in [3.05, 3.63) is 22.8 Å². The van der Waals surface area contributed by atoms with Gasteiger partial charge in [-0.25, -0.2) is 9.78 Å². The third-order valence-corrected chi connectivity index (χ3v) is 2.87. The minimum Gasteiger partial charge on any atom is -0.478 e. The highest BCUT2D eigenvalue weighted by molar-refractivity contribution is 6.29. The minimum atomic E-state index is -1.00. The SMILES string of the molecule is CCC(Nc1nc(Cl)ccc1C(=O)O)C(C)C. The number of anilines is 1. The van der Waals surface area contributed by atoms with Crippen LogP contribution in [0.1, 0.15) is 37.6 Å². The van der Waals surface area contributed by atoms with Crippen molar-refractivity contribution in [1.82, 2.24) is 4.98 Å². The van der Waals surface area contributed by atoms with Crippen LogP contribution in [0.3, 0.4) is 0 Å². The van der Waals surface area contributed by atoms with Crippen LogP contribution in [0.15, 0.2) is 12.1 Å². The van der Waals surface area contributed by atoms with E-state index in [9.17, 15) is 4.79 Å². The second kappa shape index (κ2) is 5.87. The van der Waals surface area contributed by atoms with Crippen LogP contribution in [-0.2, 0) is 0 Å². The van der Waals surface area contributed by atoms with Gasteiger partial charge >= 0.3 is 5.97 Å². The summed E-state index contributed by atoms with van der Waals surface area (Å²) in [7, 11) is 0. The first-order chi connectivity index (χ1) is 7.95. The fraction of sp³-hybridized carbons (Fsp3) is 0.500. The monoisotopic (exact) mass is 256 g/mol. The van der Waals surface area contributed by atoms with Crippen LogP contribution in [0.25, 0.3) is 0 Å². The van der Waals surface area contributed by atoms with E-state index in [1.54, 1.807) is 0 Å². The van der Waals surface area contributed by atoms with Crippen molar-refractivity contribution in [3.63, 3.8) is 0 Å². The molecule has 0 aliphatic heterocycles. The van der Waals surface area contributed by atoms with E-state index in [0.717, 1.165) is 6.42 Å². The van der Waals surface area contributed by atoms with E-state index in [-0.39, 0.29) is 16.8 Å². The quantitative estimate of drug-likeness (QED) is 0.794. The first-order valence-corrected chi connectivity index (χ1v) is 5.99. The Kier molecular flexibility index (Phi) is 4.75. The van der Waals surface area contributed by atoms with E-state index in [4.69, 9.17) is 16.7 Å². The van der Waals surface area contributed by atoms with Crippen LogP contribution < -0.4 is 5.32 Å². The number of rotatable bonds is 5. The van der Waals surface area contributed by atoms with Crippen molar-refractivity contribution < 1.29 is 9.90 Å². The highest BCUT2D eigenvalue weighted by atomic mass is 35.5.